The molecule has 0 aromatic heterocycles. The Morgan fingerprint density at radius 2 is 2.03 bits per heavy atom. The highest BCUT2D eigenvalue weighted by Gasteiger charge is 2.35. The van der Waals surface area contributed by atoms with Gasteiger partial charge in [0, 0.05) is 37.7 Å². The summed E-state index contributed by atoms with van der Waals surface area (Å²) >= 11 is 0. The van der Waals surface area contributed by atoms with E-state index in [0.717, 1.165) is 37.6 Å². The van der Waals surface area contributed by atoms with Gasteiger partial charge < -0.3 is 20.3 Å². The van der Waals surface area contributed by atoms with Crippen molar-refractivity contribution in [2.24, 2.45) is 16.3 Å². The van der Waals surface area contributed by atoms with Crippen molar-refractivity contribution in [3.05, 3.63) is 35.1 Å². The van der Waals surface area contributed by atoms with Gasteiger partial charge in [0.15, 0.2) is 5.96 Å². The topological polar surface area (TPSA) is 48.9 Å². The van der Waals surface area contributed by atoms with Crippen LogP contribution in [0, 0.1) is 17.2 Å². The summed E-state index contributed by atoms with van der Waals surface area (Å²) in [5, 5.41) is 6.82. The molecule has 1 fully saturated rings. The number of nitrogens with one attached hydrogen (secondary N) is 2. The van der Waals surface area contributed by atoms with E-state index >= 15 is 0 Å². The number of rotatable bonds is 7. The third-order valence-corrected chi connectivity index (χ3v) is 5.19. The highest BCUT2D eigenvalue weighted by Crippen LogP contribution is 2.33. The van der Waals surface area contributed by atoms with E-state index in [1.54, 1.807) is 0 Å². The van der Waals surface area contributed by atoms with Crippen LogP contribution in [0.15, 0.2) is 23.2 Å². The normalized spacial score (nSPS) is 20.8. The van der Waals surface area contributed by atoms with Crippen LogP contribution in [0.3, 0.4) is 0 Å². The van der Waals surface area contributed by atoms with Crippen molar-refractivity contribution in [3.8, 4) is 0 Å². The van der Waals surface area contributed by atoms with Crippen LogP contribution in [-0.2, 0) is 17.8 Å². The van der Waals surface area contributed by atoms with E-state index in [2.05, 4.69) is 38.3 Å². The summed E-state index contributed by atoms with van der Waals surface area (Å²) in [5.41, 5.74) is 1.83. The van der Waals surface area contributed by atoms with Crippen LogP contribution >= 0.6 is 0 Å². The average molecular weight is 407 g/mol. The van der Waals surface area contributed by atoms with Crippen LogP contribution in [0.4, 0.5) is 4.39 Å². The summed E-state index contributed by atoms with van der Waals surface area (Å²) in [6, 6.07) is 5.26. The maximum absolute atomic E-state index is 14.0. The standard InChI is InChI=1S/C23H39FN4O/c1-7-25-22(27-15-18-9-8-12-29-21(18)23(2,3)4)26-14-17-10-11-20(24)19(13-17)16-28(5)6/h10-11,13,18,21H,7-9,12,14-16H2,1-6H3,(H2,25,26,27). The second-order valence-corrected chi connectivity index (χ2v) is 9.30. The van der Waals surface area contributed by atoms with Crippen molar-refractivity contribution in [2.45, 2.75) is 59.7 Å². The number of halogens is 1. The first-order chi connectivity index (χ1) is 13.7. The van der Waals surface area contributed by atoms with Gasteiger partial charge in [0.05, 0.1) is 12.6 Å². The molecule has 0 spiro atoms. The van der Waals surface area contributed by atoms with Crippen LogP contribution in [-0.4, -0.2) is 50.8 Å². The lowest BCUT2D eigenvalue weighted by Crippen LogP contribution is -2.47. The number of benzene rings is 1. The van der Waals surface area contributed by atoms with Gasteiger partial charge in [-0.05, 0) is 57.0 Å². The molecule has 0 radical (unpaired) electrons. The zero-order chi connectivity index (χ0) is 21.4. The molecule has 0 bridgehead atoms. The van der Waals surface area contributed by atoms with Crippen LogP contribution in [0.25, 0.3) is 0 Å². The highest BCUT2D eigenvalue weighted by molar-refractivity contribution is 5.79. The third kappa shape index (κ3) is 7.59. The maximum atomic E-state index is 14.0. The number of ether oxygens (including phenoxy) is 1. The molecule has 0 amide bonds. The van der Waals surface area contributed by atoms with Gasteiger partial charge in [-0.3, -0.25) is 0 Å². The minimum absolute atomic E-state index is 0.124. The van der Waals surface area contributed by atoms with Crippen LogP contribution < -0.4 is 10.6 Å². The lowest BCUT2D eigenvalue weighted by molar-refractivity contribution is -0.0835. The molecular formula is C23H39FN4O. The molecule has 2 unspecified atom stereocenters. The van der Waals surface area contributed by atoms with Gasteiger partial charge >= 0.3 is 0 Å². The molecule has 2 atom stereocenters. The molecule has 29 heavy (non-hydrogen) atoms. The van der Waals surface area contributed by atoms with E-state index in [1.807, 2.05) is 31.1 Å². The Morgan fingerprint density at radius 1 is 1.28 bits per heavy atom. The van der Waals surface area contributed by atoms with Crippen LogP contribution in [0.5, 0.6) is 0 Å². The maximum Gasteiger partial charge on any atom is 0.191 e. The molecule has 1 saturated heterocycles. The lowest BCUT2D eigenvalue weighted by Gasteiger charge is -2.40. The Kier molecular flexibility index (Phi) is 8.90. The van der Waals surface area contributed by atoms with Crippen molar-refractivity contribution in [3.63, 3.8) is 0 Å². The molecule has 1 aromatic rings. The first kappa shape index (κ1) is 23.6. The molecule has 0 saturated carbocycles. The second-order valence-electron chi connectivity index (χ2n) is 9.30. The Morgan fingerprint density at radius 3 is 2.69 bits per heavy atom. The van der Waals surface area contributed by atoms with Crippen molar-refractivity contribution in [1.29, 1.82) is 0 Å². The molecule has 5 nitrogen and oxygen atoms in total. The van der Waals surface area contributed by atoms with Gasteiger partial charge in [-0.1, -0.05) is 26.8 Å². The number of aliphatic imine (C=N–C) groups is 1. The summed E-state index contributed by atoms with van der Waals surface area (Å²) in [6.45, 7) is 12.4. The van der Waals surface area contributed by atoms with E-state index in [4.69, 9.17) is 9.73 Å². The van der Waals surface area contributed by atoms with Crippen molar-refractivity contribution in [2.75, 3.05) is 33.8 Å². The van der Waals surface area contributed by atoms with Crippen molar-refractivity contribution >= 4 is 5.96 Å². The Hall–Kier alpha value is -1.66. The van der Waals surface area contributed by atoms with Crippen molar-refractivity contribution < 1.29 is 9.13 Å². The number of guanidine groups is 1. The zero-order valence-electron chi connectivity index (χ0n) is 19.0. The Balaban J connectivity index is 2.02. The van der Waals surface area contributed by atoms with Gasteiger partial charge in [0.25, 0.3) is 0 Å². The monoisotopic (exact) mass is 406 g/mol. The summed E-state index contributed by atoms with van der Waals surface area (Å²) in [4.78, 5) is 6.69. The predicted molar refractivity (Wildman–Crippen MR) is 119 cm³/mol. The minimum atomic E-state index is -0.165. The largest absolute Gasteiger partial charge is 0.377 e. The van der Waals surface area contributed by atoms with Gasteiger partial charge in [-0.15, -0.1) is 0 Å². The first-order valence-electron chi connectivity index (χ1n) is 10.8. The van der Waals surface area contributed by atoms with Crippen LogP contribution in [0.2, 0.25) is 0 Å². The summed E-state index contributed by atoms with van der Waals surface area (Å²) < 4.78 is 20.1. The summed E-state index contributed by atoms with van der Waals surface area (Å²) in [5.74, 6) is 1.09. The van der Waals surface area contributed by atoms with Gasteiger partial charge in [-0.2, -0.15) is 0 Å². The molecule has 2 N–H and O–H groups in total. The Labute approximate surface area is 176 Å². The molecule has 1 aliphatic rings. The van der Waals surface area contributed by atoms with Gasteiger partial charge in [0.1, 0.15) is 5.82 Å². The van der Waals surface area contributed by atoms with Crippen LogP contribution in [0.1, 0.15) is 51.7 Å². The summed E-state index contributed by atoms with van der Waals surface area (Å²) in [7, 11) is 3.88. The smallest absolute Gasteiger partial charge is 0.191 e. The lowest BCUT2D eigenvalue weighted by atomic mass is 9.78. The average Bonchev–Trinajstić information content (AvgIpc) is 2.65. The minimum Gasteiger partial charge on any atom is -0.377 e. The second kappa shape index (κ2) is 10.9. The summed E-state index contributed by atoms with van der Waals surface area (Å²) in [6.07, 6.45) is 2.52. The van der Waals surface area contributed by atoms with Crippen molar-refractivity contribution in [1.82, 2.24) is 15.5 Å². The first-order valence-corrected chi connectivity index (χ1v) is 10.8. The van der Waals surface area contributed by atoms with Gasteiger partial charge in [0.2, 0.25) is 0 Å². The molecule has 6 heteroatoms. The molecule has 1 aromatic carbocycles. The fourth-order valence-electron chi connectivity index (χ4n) is 3.94. The number of hydrogen-bond acceptors (Lipinski definition) is 3. The van der Waals surface area contributed by atoms with E-state index in [9.17, 15) is 4.39 Å². The third-order valence-electron chi connectivity index (χ3n) is 5.19. The molecule has 0 aliphatic carbocycles. The van der Waals surface area contributed by atoms with E-state index in [-0.39, 0.29) is 17.3 Å². The van der Waals surface area contributed by atoms with E-state index < -0.39 is 0 Å². The molecular weight excluding hydrogens is 367 g/mol. The fraction of sp³-hybridized carbons (Fsp3) is 0.696. The molecule has 1 heterocycles. The molecule has 164 valence electrons. The van der Waals surface area contributed by atoms with Gasteiger partial charge in [-0.25, -0.2) is 9.38 Å². The molecule has 2 rings (SSSR count). The fourth-order valence-corrected chi connectivity index (χ4v) is 3.94. The predicted octanol–water partition coefficient (Wildman–Crippen LogP) is 3.78. The highest BCUT2D eigenvalue weighted by atomic mass is 19.1. The van der Waals surface area contributed by atoms with E-state index in [1.165, 1.54) is 12.5 Å². The molecule has 1 aliphatic heterocycles. The zero-order valence-corrected chi connectivity index (χ0v) is 19.0. The number of nitrogens with zero attached hydrogens (tertiary/aromatic N) is 2. The SMILES string of the molecule is CCNC(=NCc1ccc(F)c(CN(C)C)c1)NCC1CCCOC1C(C)(C)C. The Bertz CT molecular complexity index is 669. The van der Waals surface area contributed by atoms with E-state index in [0.29, 0.717) is 24.6 Å². The quantitative estimate of drug-likeness (QED) is 0.534. The number of hydrogen-bond donors (Lipinski definition) is 2.